The van der Waals surface area contributed by atoms with E-state index in [9.17, 15) is 0 Å². The van der Waals surface area contributed by atoms with E-state index in [1.165, 1.54) is 6.92 Å². The maximum atomic E-state index is 9.11. The average molecular weight is 112 g/mol. The van der Waals surface area contributed by atoms with Crippen molar-refractivity contribution in [2.75, 3.05) is 0 Å². The van der Waals surface area contributed by atoms with Crippen molar-refractivity contribution in [3.8, 4) is 0 Å². The SMILES string of the molecule is CC([NH-])=O.[CH3-].[K+]. The van der Waals surface area contributed by atoms with Crippen molar-refractivity contribution in [3.05, 3.63) is 13.2 Å². The van der Waals surface area contributed by atoms with Crippen molar-refractivity contribution >= 4 is 5.91 Å². The van der Waals surface area contributed by atoms with E-state index in [0.717, 1.165) is 0 Å². The number of nitrogens with one attached hydrogen (secondary N) is 1. The van der Waals surface area contributed by atoms with Crippen LogP contribution in [0.3, 0.4) is 0 Å². The molecule has 0 bridgehead atoms. The average Bonchev–Trinajstić information content (AvgIpc) is 0.811. The van der Waals surface area contributed by atoms with Gasteiger partial charge in [-0.15, -0.1) is 0 Å². The van der Waals surface area contributed by atoms with Crippen LogP contribution in [-0.4, -0.2) is 5.91 Å². The van der Waals surface area contributed by atoms with Gasteiger partial charge in [-0.25, -0.2) is 0 Å². The van der Waals surface area contributed by atoms with Crippen molar-refractivity contribution in [3.63, 3.8) is 0 Å². The van der Waals surface area contributed by atoms with Crippen LogP contribution in [0.2, 0.25) is 0 Å². The Balaban J connectivity index is -0.0000000450. The van der Waals surface area contributed by atoms with Gasteiger partial charge < -0.3 is 18.0 Å². The molecule has 0 aliphatic rings. The van der Waals surface area contributed by atoms with Gasteiger partial charge in [0.05, 0.1) is 0 Å². The molecule has 32 valence electrons. The van der Waals surface area contributed by atoms with Gasteiger partial charge in [0.1, 0.15) is 0 Å². The number of hydrogen-bond acceptors (Lipinski definition) is 1. The molecule has 0 aromatic carbocycles. The van der Waals surface area contributed by atoms with Gasteiger partial charge in [0, 0.05) is 5.91 Å². The van der Waals surface area contributed by atoms with Crippen LogP contribution in [0.1, 0.15) is 6.92 Å². The third kappa shape index (κ3) is 70.3. The largest absolute Gasteiger partial charge is 1.00 e. The van der Waals surface area contributed by atoms with Crippen LogP contribution in [0.5, 0.6) is 0 Å². The number of rotatable bonds is 0. The summed E-state index contributed by atoms with van der Waals surface area (Å²) in [4.78, 5) is 9.11. The minimum absolute atomic E-state index is 0. The van der Waals surface area contributed by atoms with Gasteiger partial charge in [-0.05, 0) is 6.92 Å². The maximum Gasteiger partial charge on any atom is 1.00 e. The number of amides is 1. The van der Waals surface area contributed by atoms with Crippen molar-refractivity contribution in [1.82, 2.24) is 0 Å². The van der Waals surface area contributed by atoms with E-state index in [2.05, 4.69) is 0 Å². The van der Waals surface area contributed by atoms with Crippen LogP contribution in [-0.2, 0) is 4.79 Å². The third-order valence-corrected chi connectivity index (χ3v) is 0. The monoisotopic (exact) mass is 112 g/mol. The van der Waals surface area contributed by atoms with Crippen LogP contribution in [0.4, 0.5) is 0 Å². The summed E-state index contributed by atoms with van der Waals surface area (Å²) in [5.41, 5.74) is 5.94. The number of carbonyl (C=O) groups is 1. The zero-order valence-corrected chi connectivity index (χ0v) is 7.53. The molecule has 2 nitrogen and oxygen atoms in total. The smallest absolute Gasteiger partial charge is 0.668 e. The standard InChI is InChI=1S/C2H5NO.CH3.K/c1-2(3)4;;/h1H3,(H2,3,4);1H3;/q;-1;+1/p-1. The zero-order valence-electron chi connectivity index (χ0n) is 4.41. The minimum atomic E-state index is -0.583. The first kappa shape index (κ1) is 15.7. The Morgan fingerprint density at radius 1 is 1.67 bits per heavy atom. The second-order valence-corrected chi connectivity index (χ2v) is 0.556. The Kier molecular flexibility index (Phi) is 24.7. The van der Waals surface area contributed by atoms with E-state index >= 15 is 0 Å². The second kappa shape index (κ2) is 9.44. The summed E-state index contributed by atoms with van der Waals surface area (Å²) < 4.78 is 0. The Morgan fingerprint density at radius 2 is 1.67 bits per heavy atom. The van der Waals surface area contributed by atoms with Crippen molar-refractivity contribution in [2.45, 2.75) is 6.92 Å². The summed E-state index contributed by atoms with van der Waals surface area (Å²) in [6.07, 6.45) is 0. The molecule has 0 rings (SSSR count). The van der Waals surface area contributed by atoms with Gasteiger partial charge in [0.15, 0.2) is 0 Å². The molecule has 0 saturated heterocycles. The van der Waals surface area contributed by atoms with E-state index in [1.54, 1.807) is 0 Å². The number of hydrogen-bond donors (Lipinski definition) is 0. The normalized spacial score (nSPS) is 4.17. The van der Waals surface area contributed by atoms with Crippen LogP contribution in [0, 0.1) is 7.43 Å². The Labute approximate surface area is 80.9 Å². The summed E-state index contributed by atoms with van der Waals surface area (Å²) in [7, 11) is 0. The molecular weight excluding hydrogens is 105 g/mol. The summed E-state index contributed by atoms with van der Waals surface area (Å²) in [5, 5.41) is 0. The molecule has 0 radical (unpaired) electrons. The molecular formula is C3H7KNO-. The summed E-state index contributed by atoms with van der Waals surface area (Å²) in [5.74, 6) is -0.583. The molecule has 6 heavy (non-hydrogen) atoms. The van der Waals surface area contributed by atoms with E-state index in [-0.39, 0.29) is 58.8 Å². The fraction of sp³-hybridized carbons (Fsp3) is 0.333. The second-order valence-electron chi connectivity index (χ2n) is 0.556. The van der Waals surface area contributed by atoms with Gasteiger partial charge in [0.25, 0.3) is 0 Å². The molecule has 3 heteroatoms. The summed E-state index contributed by atoms with van der Waals surface area (Å²) in [6, 6.07) is 0. The fourth-order valence-electron chi connectivity index (χ4n) is 0. The van der Waals surface area contributed by atoms with E-state index in [4.69, 9.17) is 10.5 Å². The molecule has 0 aromatic heterocycles. The molecule has 0 aliphatic carbocycles. The van der Waals surface area contributed by atoms with Gasteiger partial charge >= 0.3 is 51.4 Å². The first-order valence-corrected chi connectivity index (χ1v) is 0.954. The number of carbonyl (C=O) groups excluding carboxylic acids is 1. The molecule has 1 N–H and O–H groups in total. The minimum Gasteiger partial charge on any atom is -0.668 e. The van der Waals surface area contributed by atoms with Crippen molar-refractivity contribution in [1.29, 1.82) is 0 Å². The first-order valence-electron chi connectivity index (χ1n) is 0.954. The topological polar surface area (TPSA) is 40.9 Å². The van der Waals surface area contributed by atoms with Crippen LogP contribution in [0.15, 0.2) is 0 Å². The zero-order chi connectivity index (χ0) is 3.58. The van der Waals surface area contributed by atoms with Crippen molar-refractivity contribution < 1.29 is 56.2 Å². The molecule has 0 unspecified atom stereocenters. The fourth-order valence-corrected chi connectivity index (χ4v) is 0. The van der Waals surface area contributed by atoms with Crippen LogP contribution >= 0.6 is 0 Å². The predicted octanol–water partition coefficient (Wildman–Crippen LogP) is -1.96. The van der Waals surface area contributed by atoms with Crippen LogP contribution < -0.4 is 51.4 Å². The molecule has 0 spiro atoms. The predicted molar refractivity (Wildman–Crippen MR) is 21.4 cm³/mol. The molecule has 0 aromatic rings. The quantitative estimate of drug-likeness (QED) is 0.265. The molecule has 1 amide bonds. The summed E-state index contributed by atoms with van der Waals surface area (Å²) in [6.45, 7) is 1.19. The Morgan fingerprint density at radius 3 is 1.67 bits per heavy atom. The molecule has 0 aliphatic heterocycles. The van der Waals surface area contributed by atoms with E-state index in [0.29, 0.717) is 0 Å². The molecule has 0 fully saturated rings. The van der Waals surface area contributed by atoms with E-state index < -0.39 is 5.91 Å². The molecule has 0 saturated carbocycles. The van der Waals surface area contributed by atoms with Gasteiger partial charge in [-0.1, -0.05) is 0 Å². The van der Waals surface area contributed by atoms with E-state index in [1.807, 2.05) is 0 Å². The Bertz CT molecular complexity index is 33.8. The van der Waals surface area contributed by atoms with Gasteiger partial charge in [-0.3, -0.25) is 0 Å². The third-order valence-electron chi connectivity index (χ3n) is 0. The molecule has 0 atom stereocenters. The maximum absolute atomic E-state index is 9.11. The molecule has 0 heterocycles. The summed E-state index contributed by atoms with van der Waals surface area (Å²) >= 11 is 0. The van der Waals surface area contributed by atoms with Gasteiger partial charge in [0.2, 0.25) is 0 Å². The first-order chi connectivity index (χ1) is 1.73. The van der Waals surface area contributed by atoms with Crippen molar-refractivity contribution in [2.24, 2.45) is 0 Å². The Hall–Kier alpha value is 1.11. The van der Waals surface area contributed by atoms with Crippen LogP contribution in [0.25, 0.3) is 5.73 Å². The van der Waals surface area contributed by atoms with Gasteiger partial charge in [-0.2, -0.15) is 0 Å².